The molecule has 4 nitrogen and oxygen atoms in total. The number of nitrogens with one attached hydrogen (secondary N) is 1. The van der Waals surface area contributed by atoms with Gasteiger partial charge in [0.1, 0.15) is 10.6 Å². The first-order valence-corrected chi connectivity index (χ1v) is 7.05. The monoisotopic (exact) mass is 285 g/mol. The van der Waals surface area contributed by atoms with Gasteiger partial charge >= 0.3 is 0 Å². The summed E-state index contributed by atoms with van der Waals surface area (Å²) in [6.45, 7) is 4.78. The third-order valence-electron chi connectivity index (χ3n) is 2.56. The van der Waals surface area contributed by atoms with E-state index in [1.165, 1.54) is 4.88 Å². The van der Waals surface area contributed by atoms with E-state index in [0.717, 1.165) is 22.5 Å². The number of ether oxygens (including phenoxy) is 1. The maximum Gasteiger partial charge on any atom is 0.225 e. The molecule has 0 radical (unpaired) electrons. The molecule has 0 aliphatic heterocycles. The average molecular weight is 286 g/mol. The quantitative estimate of drug-likeness (QED) is 0.856. The van der Waals surface area contributed by atoms with Gasteiger partial charge in [-0.15, -0.1) is 11.3 Å². The Hall–Kier alpha value is -0.910. The summed E-state index contributed by atoms with van der Waals surface area (Å²) in [4.78, 5) is 10.7. The number of hydrogen-bond acceptors (Lipinski definition) is 5. The molecule has 1 atom stereocenters. The minimum Gasteiger partial charge on any atom is -0.383 e. The molecule has 1 N–H and O–H groups in total. The van der Waals surface area contributed by atoms with E-state index in [-0.39, 0.29) is 11.3 Å². The summed E-state index contributed by atoms with van der Waals surface area (Å²) < 4.78 is 5.11. The van der Waals surface area contributed by atoms with Crippen molar-refractivity contribution < 1.29 is 4.74 Å². The lowest BCUT2D eigenvalue weighted by molar-refractivity contribution is 0.190. The highest BCUT2D eigenvalue weighted by Crippen LogP contribution is 2.30. The van der Waals surface area contributed by atoms with Crippen molar-refractivity contribution in [1.82, 2.24) is 9.97 Å². The molecular weight excluding hydrogens is 270 g/mol. The Bertz CT molecular complexity index is 543. The van der Waals surface area contributed by atoms with Gasteiger partial charge in [0.25, 0.3) is 0 Å². The highest BCUT2D eigenvalue weighted by atomic mass is 35.5. The van der Waals surface area contributed by atoms with Crippen LogP contribution in [-0.2, 0) is 11.2 Å². The number of rotatable bonds is 5. The summed E-state index contributed by atoms with van der Waals surface area (Å²) in [7, 11) is 1.68. The molecule has 2 aromatic rings. The van der Waals surface area contributed by atoms with Crippen LogP contribution in [0.1, 0.15) is 18.7 Å². The molecule has 0 fully saturated rings. The Morgan fingerprint density at radius 3 is 2.94 bits per heavy atom. The molecule has 1 unspecified atom stereocenters. The van der Waals surface area contributed by atoms with Gasteiger partial charge in [0.05, 0.1) is 12.0 Å². The molecule has 0 bridgehead atoms. The lowest BCUT2D eigenvalue weighted by Crippen LogP contribution is -2.21. The first kappa shape index (κ1) is 13.5. The lowest BCUT2D eigenvalue weighted by Gasteiger charge is -2.13. The number of hydrogen-bond donors (Lipinski definition) is 1. The van der Waals surface area contributed by atoms with E-state index in [1.807, 2.05) is 6.92 Å². The summed E-state index contributed by atoms with van der Waals surface area (Å²) in [6.07, 6.45) is 0.992. The predicted molar refractivity (Wildman–Crippen MR) is 76.8 cm³/mol. The van der Waals surface area contributed by atoms with Crippen LogP contribution in [0.25, 0.3) is 10.2 Å². The van der Waals surface area contributed by atoms with Crippen molar-refractivity contribution in [3.05, 3.63) is 16.2 Å². The minimum atomic E-state index is 0.175. The molecule has 18 heavy (non-hydrogen) atoms. The van der Waals surface area contributed by atoms with E-state index >= 15 is 0 Å². The molecular formula is C12H16ClN3OS. The van der Waals surface area contributed by atoms with Gasteiger partial charge in [0.15, 0.2) is 0 Å². The first-order valence-electron chi connectivity index (χ1n) is 5.85. The Balaban J connectivity index is 2.38. The number of halogens is 1. The third kappa shape index (κ3) is 2.91. The van der Waals surface area contributed by atoms with Crippen LogP contribution in [0.3, 0.4) is 0 Å². The second-order valence-electron chi connectivity index (χ2n) is 4.13. The number of nitrogens with zero attached hydrogens (tertiary/aromatic N) is 2. The highest BCUT2D eigenvalue weighted by Gasteiger charge is 2.12. The van der Waals surface area contributed by atoms with E-state index in [0.29, 0.717) is 6.61 Å². The van der Waals surface area contributed by atoms with Crippen LogP contribution in [0, 0.1) is 0 Å². The minimum absolute atomic E-state index is 0.175. The molecule has 0 spiro atoms. The number of aromatic nitrogens is 2. The normalized spacial score (nSPS) is 12.9. The molecule has 0 saturated carbocycles. The van der Waals surface area contributed by atoms with Crippen molar-refractivity contribution in [2.45, 2.75) is 26.3 Å². The van der Waals surface area contributed by atoms with Gasteiger partial charge in [-0.1, -0.05) is 6.92 Å². The standard InChI is InChI=1S/C12H16ClN3OS/c1-4-8-5-9-10(14-7(2)6-17-3)15-12(13)16-11(9)18-8/h5,7H,4,6H2,1-3H3,(H,14,15,16). The maximum absolute atomic E-state index is 5.95. The average Bonchev–Trinajstić information content (AvgIpc) is 2.72. The Morgan fingerprint density at radius 1 is 1.50 bits per heavy atom. The van der Waals surface area contributed by atoms with E-state index < -0.39 is 0 Å². The van der Waals surface area contributed by atoms with E-state index in [2.05, 4.69) is 28.3 Å². The number of thiophene rings is 1. The van der Waals surface area contributed by atoms with Crippen molar-refractivity contribution >= 4 is 39.0 Å². The fraction of sp³-hybridized carbons (Fsp3) is 0.500. The SMILES string of the molecule is CCc1cc2c(NC(C)COC)nc(Cl)nc2s1. The molecule has 2 rings (SSSR count). The second-order valence-corrected chi connectivity index (χ2v) is 5.58. The number of methoxy groups -OCH3 is 1. The Labute approximate surface area is 115 Å². The van der Waals surface area contributed by atoms with Gasteiger partial charge in [0, 0.05) is 18.0 Å². The highest BCUT2D eigenvalue weighted by molar-refractivity contribution is 7.18. The maximum atomic E-state index is 5.95. The molecule has 0 aromatic carbocycles. The zero-order valence-electron chi connectivity index (χ0n) is 10.7. The number of aryl methyl sites for hydroxylation is 1. The Morgan fingerprint density at radius 2 is 2.28 bits per heavy atom. The molecule has 98 valence electrons. The van der Waals surface area contributed by atoms with Gasteiger partial charge in [-0.25, -0.2) is 9.97 Å². The zero-order valence-corrected chi connectivity index (χ0v) is 12.2. The fourth-order valence-corrected chi connectivity index (χ4v) is 2.94. The third-order valence-corrected chi connectivity index (χ3v) is 3.91. The van der Waals surface area contributed by atoms with Gasteiger partial charge in [-0.2, -0.15) is 0 Å². The second kappa shape index (κ2) is 5.82. The largest absolute Gasteiger partial charge is 0.383 e. The van der Waals surface area contributed by atoms with Gasteiger partial charge < -0.3 is 10.1 Å². The van der Waals surface area contributed by atoms with Crippen molar-refractivity contribution in [1.29, 1.82) is 0 Å². The predicted octanol–water partition coefficient (Wildman–Crippen LogP) is 3.35. The van der Waals surface area contributed by atoms with Gasteiger partial charge in [0.2, 0.25) is 5.28 Å². The van der Waals surface area contributed by atoms with Crippen LogP contribution < -0.4 is 5.32 Å². The fourth-order valence-electron chi connectivity index (χ4n) is 1.75. The zero-order chi connectivity index (χ0) is 13.1. The molecule has 2 aromatic heterocycles. The van der Waals surface area contributed by atoms with Gasteiger partial charge in [-0.05, 0) is 31.0 Å². The Kier molecular flexibility index (Phi) is 4.37. The number of fused-ring (bicyclic) bond motifs is 1. The van der Waals surface area contributed by atoms with Crippen LogP contribution in [-0.4, -0.2) is 29.7 Å². The topological polar surface area (TPSA) is 47.0 Å². The van der Waals surface area contributed by atoms with Crippen LogP contribution in [0.4, 0.5) is 5.82 Å². The summed E-state index contributed by atoms with van der Waals surface area (Å²) in [6, 6.07) is 2.30. The molecule has 6 heteroatoms. The van der Waals surface area contributed by atoms with Crippen molar-refractivity contribution in [2.75, 3.05) is 19.0 Å². The smallest absolute Gasteiger partial charge is 0.225 e. The van der Waals surface area contributed by atoms with Gasteiger partial charge in [-0.3, -0.25) is 0 Å². The van der Waals surface area contributed by atoms with Crippen LogP contribution in [0.2, 0.25) is 5.28 Å². The lowest BCUT2D eigenvalue weighted by atomic mass is 10.3. The van der Waals surface area contributed by atoms with E-state index in [4.69, 9.17) is 16.3 Å². The molecule has 0 aliphatic carbocycles. The number of anilines is 1. The summed E-state index contributed by atoms with van der Waals surface area (Å²) in [5.74, 6) is 0.783. The van der Waals surface area contributed by atoms with Crippen LogP contribution in [0.15, 0.2) is 6.07 Å². The summed E-state index contributed by atoms with van der Waals surface area (Å²) in [5.41, 5.74) is 0. The molecule has 2 heterocycles. The van der Waals surface area contributed by atoms with Crippen LogP contribution in [0.5, 0.6) is 0 Å². The molecule has 0 aliphatic rings. The molecule has 0 amide bonds. The van der Waals surface area contributed by atoms with Crippen molar-refractivity contribution in [3.63, 3.8) is 0 Å². The molecule has 0 saturated heterocycles. The van der Waals surface area contributed by atoms with Crippen molar-refractivity contribution in [2.24, 2.45) is 0 Å². The summed E-state index contributed by atoms with van der Waals surface area (Å²) >= 11 is 7.61. The van der Waals surface area contributed by atoms with E-state index in [9.17, 15) is 0 Å². The summed E-state index contributed by atoms with van der Waals surface area (Å²) in [5, 5.41) is 4.62. The van der Waals surface area contributed by atoms with E-state index in [1.54, 1.807) is 18.4 Å². The van der Waals surface area contributed by atoms with Crippen molar-refractivity contribution in [3.8, 4) is 0 Å². The first-order chi connectivity index (χ1) is 8.63. The van der Waals surface area contributed by atoms with Crippen LogP contribution >= 0.6 is 22.9 Å².